The number of nitrogens with zero attached hydrogens (tertiary/aromatic N) is 3. The van der Waals surface area contributed by atoms with Crippen molar-refractivity contribution in [2.75, 3.05) is 19.8 Å². The van der Waals surface area contributed by atoms with Crippen molar-refractivity contribution in [2.45, 2.75) is 56.6 Å². The molecule has 134 valence electrons. The van der Waals surface area contributed by atoms with Gasteiger partial charge in [-0.25, -0.2) is 0 Å². The lowest BCUT2D eigenvalue weighted by Gasteiger charge is -2.44. The fourth-order valence-corrected chi connectivity index (χ4v) is 2.87. The zero-order chi connectivity index (χ0) is 17.5. The van der Waals surface area contributed by atoms with Gasteiger partial charge < -0.3 is 19.2 Å². The van der Waals surface area contributed by atoms with Crippen LogP contribution in [0.3, 0.4) is 0 Å². The molecule has 2 heterocycles. The topological polar surface area (TPSA) is 88.7 Å². The van der Waals surface area contributed by atoms with Crippen LogP contribution in [0, 0.1) is 0 Å². The van der Waals surface area contributed by atoms with Crippen molar-refractivity contribution in [3.63, 3.8) is 0 Å². The third kappa shape index (κ3) is 2.69. The number of amides is 1. The number of ether oxygens (including phenoxy) is 1. The van der Waals surface area contributed by atoms with E-state index in [9.17, 15) is 18.7 Å². The van der Waals surface area contributed by atoms with Gasteiger partial charge in [0, 0.05) is 12.5 Å². The Morgan fingerprint density at radius 2 is 2.12 bits per heavy atom. The molecule has 7 nitrogen and oxygen atoms in total. The first-order valence-electron chi connectivity index (χ1n) is 8.08. The molecule has 1 N–H and O–H groups in total. The van der Waals surface area contributed by atoms with Crippen LogP contribution in [0.4, 0.5) is 8.78 Å². The van der Waals surface area contributed by atoms with Gasteiger partial charge in [0.25, 0.3) is 5.91 Å². The standard InChI is InChI=1S/C15H21F2N3O4/c1-9(2)11-18-19-12(24-11)10-8-23-7-6-20(10)13(21)15(16,17)14(22)4-3-5-14/h9-10,22H,3-8H2,1-2H3. The number of morpholine rings is 1. The summed E-state index contributed by atoms with van der Waals surface area (Å²) in [5, 5.41) is 17.7. The number of alkyl halides is 2. The number of hydrogen-bond acceptors (Lipinski definition) is 6. The van der Waals surface area contributed by atoms with Crippen molar-refractivity contribution in [1.29, 1.82) is 0 Å². The highest BCUT2D eigenvalue weighted by atomic mass is 19.3. The average molecular weight is 345 g/mol. The highest BCUT2D eigenvalue weighted by Crippen LogP contribution is 2.46. The maximum atomic E-state index is 14.5. The van der Waals surface area contributed by atoms with Gasteiger partial charge in [0.2, 0.25) is 11.8 Å². The van der Waals surface area contributed by atoms with Crippen molar-refractivity contribution in [3.8, 4) is 0 Å². The minimum Gasteiger partial charge on any atom is -0.423 e. The van der Waals surface area contributed by atoms with Gasteiger partial charge in [-0.2, -0.15) is 8.78 Å². The maximum absolute atomic E-state index is 14.5. The van der Waals surface area contributed by atoms with E-state index in [0.29, 0.717) is 12.3 Å². The molecule has 2 fully saturated rings. The van der Waals surface area contributed by atoms with Gasteiger partial charge in [-0.05, 0) is 19.3 Å². The molecule has 0 radical (unpaired) electrons. The van der Waals surface area contributed by atoms with Gasteiger partial charge in [0.1, 0.15) is 11.6 Å². The van der Waals surface area contributed by atoms with E-state index in [1.165, 1.54) is 0 Å². The van der Waals surface area contributed by atoms with Crippen LogP contribution >= 0.6 is 0 Å². The normalized spacial score (nSPS) is 24.1. The molecule has 0 aromatic carbocycles. The van der Waals surface area contributed by atoms with Gasteiger partial charge in [0.15, 0.2) is 0 Å². The Kier molecular flexibility index (Phi) is 4.33. The molecule has 1 aromatic rings. The lowest BCUT2D eigenvalue weighted by molar-refractivity contribution is -0.228. The molecular weight excluding hydrogens is 324 g/mol. The number of aromatic nitrogens is 2. The van der Waals surface area contributed by atoms with E-state index < -0.39 is 23.5 Å². The average Bonchev–Trinajstić information content (AvgIpc) is 3.01. The second-order valence-electron chi connectivity index (χ2n) is 6.68. The maximum Gasteiger partial charge on any atom is 0.352 e. The number of hydrogen-bond donors (Lipinski definition) is 1. The molecule has 2 aliphatic rings. The lowest BCUT2D eigenvalue weighted by Crippen LogP contribution is -2.62. The Balaban J connectivity index is 1.85. The molecule has 1 aliphatic carbocycles. The van der Waals surface area contributed by atoms with Gasteiger partial charge in [-0.15, -0.1) is 10.2 Å². The molecule has 1 aromatic heterocycles. The quantitative estimate of drug-likeness (QED) is 0.892. The predicted molar refractivity (Wildman–Crippen MR) is 77.4 cm³/mol. The summed E-state index contributed by atoms with van der Waals surface area (Å²) in [6.07, 6.45) is 0.310. The summed E-state index contributed by atoms with van der Waals surface area (Å²) in [6.45, 7) is 3.84. The largest absolute Gasteiger partial charge is 0.423 e. The summed E-state index contributed by atoms with van der Waals surface area (Å²) < 4.78 is 39.8. The predicted octanol–water partition coefficient (Wildman–Crippen LogP) is 1.64. The molecule has 0 spiro atoms. The molecule has 1 aliphatic heterocycles. The number of aliphatic hydroxyl groups is 1. The van der Waals surface area contributed by atoms with Crippen LogP contribution in [0.2, 0.25) is 0 Å². The number of halogens is 2. The van der Waals surface area contributed by atoms with Crippen LogP contribution in [0.5, 0.6) is 0 Å². The zero-order valence-corrected chi connectivity index (χ0v) is 13.7. The third-order valence-corrected chi connectivity index (χ3v) is 4.66. The van der Waals surface area contributed by atoms with Crippen molar-refractivity contribution in [1.82, 2.24) is 15.1 Å². The number of carbonyl (C=O) groups is 1. The van der Waals surface area contributed by atoms with E-state index in [2.05, 4.69) is 10.2 Å². The van der Waals surface area contributed by atoms with Crippen LogP contribution in [0.1, 0.15) is 56.9 Å². The number of rotatable bonds is 4. The summed E-state index contributed by atoms with van der Waals surface area (Å²) in [6, 6.07) is -0.874. The van der Waals surface area contributed by atoms with Crippen molar-refractivity contribution in [2.24, 2.45) is 0 Å². The van der Waals surface area contributed by atoms with E-state index in [-0.39, 0.29) is 44.4 Å². The van der Waals surface area contributed by atoms with Crippen LogP contribution in [0.15, 0.2) is 4.42 Å². The smallest absolute Gasteiger partial charge is 0.352 e. The summed E-state index contributed by atoms with van der Waals surface area (Å²) in [5.41, 5.74) is -2.26. The summed E-state index contributed by atoms with van der Waals surface area (Å²) >= 11 is 0. The van der Waals surface area contributed by atoms with E-state index in [4.69, 9.17) is 9.15 Å². The van der Waals surface area contributed by atoms with Crippen LogP contribution < -0.4 is 0 Å². The van der Waals surface area contributed by atoms with Crippen molar-refractivity contribution in [3.05, 3.63) is 11.8 Å². The van der Waals surface area contributed by atoms with Crippen LogP contribution in [0.25, 0.3) is 0 Å². The molecule has 24 heavy (non-hydrogen) atoms. The molecule has 1 amide bonds. The second-order valence-corrected chi connectivity index (χ2v) is 6.68. The highest BCUT2D eigenvalue weighted by Gasteiger charge is 2.63. The van der Waals surface area contributed by atoms with Crippen LogP contribution in [-0.2, 0) is 9.53 Å². The molecule has 0 bridgehead atoms. The Hall–Kier alpha value is -1.61. The molecule has 9 heteroatoms. The first kappa shape index (κ1) is 17.2. The minimum atomic E-state index is -3.85. The SMILES string of the molecule is CC(C)c1nnc(C2COCCN2C(=O)C(F)(F)C2(O)CCC2)o1. The van der Waals surface area contributed by atoms with Gasteiger partial charge >= 0.3 is 5.92 Å². The highest BCUT2D eigenvalue weighted by molar-refractivity contribution is 5.85. The van der Waals surface area contributed by atoms with Gasteiger partial charge in [-0.1, -0.05) is 13.8 Å². The fraction of sp³-hybridized carbons (Fsp3) is 0.800. The van der Waals surface area contributed by atoms with E-state index in [1.54, 1.807) is 0 Å². The second kappa shape index (κ2) is 6.03. The van der Waals surface area contributed by atoms with Crippen molar-refractivity contribution >= 4 is 5.91 Å². The molecular formula is C15H21F2N3O4. The Morgan fingerprint density at radius 3 is 2.67 bits per heavy atom. The Labute approximate surface area is 138 Å². The van der Waals surface area contributed by atoms with Gasteiger partial charge in [-0.3, -0.25) is 4.79 Å². The monoisotopic (exact) mass is 345 g/mol. The molecule has 1 unspecified atom stereocenters. The molecule has 1 saturated heterocycles. The van der Waals surface area contributed by atoms with E-state index >= 15 is 0 Å². The lowest BCUT2D eigenvalue weighted by atomic mass is 9.75. The summed E-state index contributed by atoms with van der Waals surface area (Å²) in [7, 11) is 0. The fourth-order valence-electron chi connectivity index (χ4n) is 2.87. The number of carbonyl (C=O) groups excluding carboxylic acids is 1. The molecule has 3 rings (SSSR count). The van der Waals surface area contributed by atoms with Crippen LogP contribution in [-0.4, -0.2) is 57.4 Å². The first-order valence-corrected chi connectivity index (χ1v) is 8.08. The molecule has 1 atom stereocenters. The third-order valence-electron chi connectivity index (χ3n) is 4.66. The van der Waals surface area contributed by atoms with Crippen molar-refractivity contribution < 1.29 is 27.8 Å². The van der Waals surface area contributed by atoms with E-state index in [0.717, 1.165) is 4.90 Å². The Morgan fingerprint density at radius 1 is 1.42 bits per heavy atom. The summed E-state index contributed by atoms with van der Waals surface area (Å²) in [5.74, 6) is -4.84. The first-order chi connectivity index (χ1) is 11.3. The van der Waals surface area contributed by atoms with E-state index in [1.807, 2.05) is 13.8 Å². The summed E-state index contributed by atoms with van der Waals surface area (Å²) in [4.78, 5) is 13.4. The van der Waals surface area contributed by atoms with Gasteiger partial charge in [0.05, 0.1) is 13.2 Å². The Bertz CT molecular complexity index is 616. The minimum absolute atomic E-state index is 0.0000227. The zero-order valence-electron chi connectivity index (χ0n) is 13.7. The molecule has 1 saturated carbocycles.